The summed E-state index contributed by atoms with van der Waals surface area (Å²) in [6, 6.07) is 4.17. The number of hydrogen-bond acceptors (Lipinski definition) is 2. The molecule has 0 heterocycles. The van der Waals surface area contributed by atoms with Crippen LogP contribution in [0.3, 0.4) is 0 Å². The molecule has 0 fully saturated rings. The smallest absolute Gasteiger partial charge is 0.350 e. The fraction of sp³-hybridized carbons (Fsp3) is 0.500. The van der Waals surface area contributed by atoms with Crippen LogP contribution in [0.2, 0.25) is 0 Å². The van der Waals surface area contributed by atoms with Crippen molar-refractivity contribution in [3.05, 3.63) is 35.4 Å². The van der Waals surface area contributed by atoms with Gasteiger partial charge in [-0.2, -0.15) is 13.2 Å². The first-order valence-corrected chi connectivity index (χ1v) is 7.34. The molecule has 0 spiro atoms. The third-order valence-corrected chi connectivity index (χ3v) is 2.94. The van der Waals surface area contributed by atoms with E-state index in [0.717, 1.165) is 17.0 Å². The number of nitrogens with zero attached hydrogens (tertiary/aromatic N) is 1. The van der Waals surface area contributed by atoms with Crippen LogP contribution in [0.1, 0.15) is 31.9 Å². The fourth-order valence-corrected chi connectivity index (χ4v) is 1.92. The quantitative estimate of drug-likeness (QED) is 0.881. The molecule has 1 aromatic rings. The molecule has 5 nitrogen and oxygen atoms in total. The second kappa shape index (κ2) is 7.55. The van der Waals surface area contributed by atoms with Crippen LogP contribution in [0, 0.1) is 0 Å². The van der Waals surface area contributed by atoms with E-state index in [1.54, 1.807) is 0 Å². The van der Waals surface area contributed by atoms with Crippen molar-refractivity contribution in [2.24, 2.45) is 0 Å². The number of carbonyl (C=O) groups is 2. The van der Waals surface area contributed by atoms with E-state index in [4.69, 9.17) is 0 Å². The summed E-state index contributed by atoms with van der Waals surface area (Å²) in [4.78, 5) is 24.8. The fourth-order valence-electron chi connectivity index (χ4n) is 1.92. The number of hydrogen-bond donors (Lipinski definition) is 2. The lowest BCUT2D eigenvalue weighted by Gasteiger charge is -2.23. The minimum Gasteiger partial charge on any atom is -0.350 e. The van der Waals surface area contributed by atoms with E-state index >= 15 is 0 Å². The van der Waals surface area contributed by atoms with Crippen LogP contribution in [0.5, 0.6) is 0 Å². The van der Waals surface area contributed by atoms with Crippen molar-refractivity contribution in [3.8, 4) is 0 Å². The molecular weight excluding hydrogens is 323 g/mol. The highest BCUT2D eigenvalue weighted by atomic mass is 19.4. The van der Waals surface area contributed by atoms with Gasteiger partial charge in [0.15, 0.2) is 0 Å². The Morgan fingerprint density at radius 1 is 1.17 bits per heavy atom. The summed E-state index contributed by atoms with van der Waals surface area (Å²) < 4.78 is 37.9. The van der Waals surface area contributed by atoms with Crippen LogP contribution in [0.4, 0.5) is 18.0 Å². The van der Waals surface area contributed by atoms with Crippen LogP contribution in [0.15, 0.2) is 24.3 Å². The second-order valence-electron chi connectivity index (χ2n) is 6.51. The maximum atomic E-state index is 12.6. The van der Waals surface area contributed by atoms with Crippen molar-refractivity contribution >= 4 is 11.9 Å². The van der Waals surface area contributed by atoms with Gasteiger partial charge in [-0.15, -0.1) is 0 Å². The molecule has 0 atom stereocenters. The Bertz CT molecular complexity index is 595. The number of likely N-dealkylation sites (N-methyl/N-ethyl adjacent to an activating group) is 1. The molecule has 0 saturated carbocycles. The molecule has 134 valence electrons. The number of alkyl halides is 3. The van der Waals surface area contributed by atoms with E-state index < -0.39 is 23.3 Å². The highest BCUT2D eigenvalue weighted by Crippen LogP contribution is 2.29. The topological polar surface area (TPSA) is 61.4 Å². The van der Waals surface area contributed by atoms with Crippen molar-refractivity contribution < 1.29 is 22.8 Å². The van der Waals surface area contributed by atoms with Gasteiger partial charge in [-0.25, -0.2) is 4.79 Å². The van der Waals surface area contributed by atoms with Crippen LogP contribution in [-0.4, -0.2) is 36.0 Å². The summed E-state index contributed by atoms with van der Waals surface area (Å²) in [5.41, 5.74) is -0.857. The Balaban J connectivity index is 2.55. The van der Waals surface area contributed by atoms with Gasteiger partial charge in [0.05, 0.1) is 5.56 Å². The second-order valence-corrected chi connectivity index (χ2v) is 6.51. The van der Waals surface area contributed by atoms with E-state index in [9.17, 15) is 22.8 Å². The highest BCUT2D eigenvalue weighted by molar-refractivity contribution is 5.84. The molecule has 24 heavy (non-hydrogen) atoms. The van der Waals surface area contributed by atoms with Crippen LogP contribution >= 0.6 is 0 Å². The van der Waals surface area contributed by atoms with Gasteiger partial charge >= 0.3 is 12.2 Å². The van der Waals surface area contributed by atoms with Gasteiger partial charge in [0.1, 0.15) is 6.54 Å². The molecule has 0 radical (unpaired) electrons. The van der Waals surface area contributed by atoms with Gasteiger partial charge < -0.3 is 15.5 Å². The Kier molecular flexibility index (Phi) is 6.22. The van der Waals surface area contributed by atoms with Crippen molar-refractivity contribution in [2.75, 3.05) is 13.6 Å². The van der Waals surface area contributed by atoms with Gasteiger partial charge in [0.25, 0.3) is 0 Å². The number of benzene rings is 1. The lowest BCUT2D eigenvalue weighted by atomic mass is 10.1. The Morgan fingerprint density at radius 2 is 1.79 bits per heavy atom. The first kappa shape index (κ1) is 19.8. The lowest BCUT2D eigenvalue weighted by Crippen LogP contribution is -2.48. The minimum absolute atomic E-state index is 0.0615. The Morgan fingerprint density at radius 3 is 2.33 bits per heavy atom. The van der Waals surface area contributed by atoms with E-state index in [2.05, 4.69) is 10.6 Å². The zero-order valence-electron chi connectivity index (χ0n) is 14.1. The lowest BCUT2D eigenvalue weighted by molar-refractivity contribution is -0.137. The third-order valence-electron chi connectivity index (χ3n) is 2.94. The molecule has 3 amide bonds. The standard InChI is InChI=1S/C16H22F3N3O2/c1-15(2,3)21-13(23)10-22(4)14(24)20-9-11-6-5-7-12(8-11)16(17,18)19/h5-8H,9-10H2,1-4H3,(H,20,24)(H,21,23). The van der Waals surface area contributed by atoms with Crippen molar-refractivity contribution in [1.29, 1.82) is 0 Å². The third kappa shape index (κ3) is 6.89. The average Bonchev–Trinajstić information content (AvgIpc) is 2.41. The summed E-state index contributed by atoms with van der Waals surface area (Å²) in [5, 5.41) is 5.20. The maximum absolute atomic E-state index is 12.6. The zero-order chi connectivity index (χ0) is 18.5. The first-order valence-electron chi connectivity index (χ1n) is 7.34. The molecular formula is C16H22F3N3O2. The summed E-state index contributed by atoms with van der Waals surface area (Å²) >= 11 is 0. The van der Waals surface area contributed by atoms with E-state index in [-0.39, 0.29) is 19.0 Å². The number of rotatable bonds is 4. The largest absolute Gasteiger partial charge is 0.416 e. The Hall–Kier alpha value is -2.25. The molecule has 0 aliphatic rings. The molecule has 0 aromatic heterocycles. The molecule has 0 bridgehead atoms. The molecule has 2 N–H and O–H groups in total. The number of carbonyl (C=O) groups excluding carboxylic acids is 2. The Labute approximate surface area is 139 Å². The van der Waals surface area contributed by atoms with Gasteiger partial charge in [0.2, 0.25) is 5.91 Å². The van der Waals surface area contributed by atoms with Crippen molar-refractivity contribution in [3.63, 3.8) is 0 Å². The SMILES string of the molecule is CN(CC(=O)NC(C)(C)C)C(=O)NCc1cccc(C(F)(F)F)c1. The van der Waals surface area contributed by atoms with Gasteiger partial charge in [-0.3, -0.25) is 4.79 Å². The van der Waals surface area contributed by atoms with Crippen molar-refractivity contribution in [2.45, 2.75) is 39.0 Å². The average molecular weight is 345 g/mol. The van der Waals surface area contributed by atoms with E-state index in [1.165, 1.54) is 19.2 Å². The molecule has 0 aliphatic carbocycles. The van der Waals surface area contributed by atoms with Crippen LogP contribution in [0.25, 0.3) is 0 Å². The number of amides is 3. The monoisotopic (exact) mass is 345 g/mol. The normalized spacial score (nSPS) is 11.8. The predicted octanol–water partition coefficient (Wildman–Crippen LogP) is 2.76. The highest BCUT2D eigenvalue weighted by Gasteiger charge is 2.30. The van der Waals surface area contributed by atoms with Crippen molar-refractivity contribution in [1.82, 2.24) is 15.5 Å². The van der Waals surface area contributed by atoms with E-state index in [1.807, 2.05) is 20.8 Å². The number of urea groups is 1. The number of nitrogens with one attached hydrogen (secondary N) is 2. The molecule has 0 aliphatic heterocycles. The molecule has 1 aromatic carbocycles. The van der Waals surface area contributed by atoms with Gasteiger partial charge in [-0.05, 0) is 38.5 Å². The van der Waals surface area contributed by atoms with Gasteiger partial charge in [0, 0.05) is 19.1 Å². The van der Waals surface area contributed by atoms with Crippen LogP contribution < -0.4 is 10.6 Å². The number of halogens is 3. The zero-order valence-corrected chi connectivity index (χ0v) is 14.1. The summed E-state index contributed by atoms with van der Waals surface area (Å²) in [6.45, 7) is 5.25. The minimum atomic E-state index is -4.43. The summed E-state index contributed by atoms with van der Waals surface area (Å²) in [5.74, 6) is -0.320. The summed E-state index contributed by atoms with van der Waals surface area (Å²) in [6.07, 6.45) is -4.43. The van der Waals surface area contributed by atoms with Crippen LogP contribution in [-0.2, 0) is 17.5 Å². The predicted molar refractivity (Wildman–Crippen MR) is 84.2 cm³/mol. The molecule has 1 rings (SSSR count). The first-order chi connectivity index (χ1) is 10.9. The van der Waals surface area contributed by atoms with E-state index in [0.29, 0.717) is 5.56 Å². The molecule has 8 heteroatoms. The van der Waals surface area contributed by atoms with Gasteiger partial charge in [-0.1, -0.05) is 12.1 Å². The maximum Gasteiger partial charge on any atom is 0.416 e. The summed E-state index contributed by atoms with van der Waals surface area (Å²) in [7, 11) is 1.43. The molecule has 0 saturated heterocycles. The molecule has 0 unspecified atom stereocenters.